The summed E-state index contributed by atoms with van der Waals surface area (Å²) in [6.07, 6.45) is 5.62. The summed E-state index contributed by atoms with van der Waals surface area (Å²) < 4.78 is 1.53. The minimum atomic E-state index is -0.0108. The number of amides is 1. The van der Waals surface area contributed by atoms with Crippen molar-refractivity contribution in [3.8, 4) is 0 Å². The van der Waals surface area contributed by atoms with Crippen LogP contribution in [0.1, 0.15) is 25.0 Å². The van der Waals surface area contributed by atoms with Crippen LogP contribution in [0.25, 0.3) is 0 Å². The minimum Gasteiger partial charge on any atom is -0.354 e. The van der Waals surface area contributed by atoms with E-state index in [9.17, 15) is 4.79 Å². The second-order valence-electron chi connectivity index (χ2n) is 5.80. The number of nitrogens with one attached hydrogen (secondary N) is 1. The van der Waals surface area contributed by atoms with E-state index in [1.54, 1.807) is 6.20 Å². The number of carbonyl (C=O) groups excluding carboxylic acids is 1. The predicted molar refractivity (Wildman–Crippen MR) is 73.6 cm³/mol. The van der Waals surface area contributed by atoms with E-state index < -0.39 is 0 Å². The monoisotopic (exact) mass is 278 g/mol. The number of rotatable bonds is 6. The van der Waals surface area contributed by atoms with Gasteiger partial charge >= 0.3 is 0 Å². The van der Waals surface area contributed by atoms with Crippen molar-refractivity contribution in [1.82, 2.24) is 25.2 Å². The first-order chi connectivity index (χ1) is 9.74. The highest BCUT2D eigenvalue weighted by molar-refractivity contribution is 5.75. The third-order valence-corrected chi connectivity index (χ3v) is 4.07. The number of hydrogen-bond donors (Lipinski definition) is 2. The van der Waals surface area contributed by atoms with Crippen molar-refractivity contribution in [2.75, 3.05) is 19.6 Å². The van der Waals surface area contributed by atoms with Crippen LogP contribution in [-0.4, -0.2) is 51.5 Å². The number of carbonyl (C=O) groups is 1. The summed E-state index contributed by atoms with van der Waals surface area (Å²) in [7, 11) is 0. The number of aromatic nitrogens is 3. The lowest BCUT2D eigenvalue weighted by Gasteiger charge is -2.15. The second-order valence-corrected chi connectivity index (χ2v) is 5.80. The summed E-state index contributed by atoms with van der Waals surface area (Å²) in [5.74, 6) is 0.582. The average molecular weight is 278 g/mol. The Morgan fingerprint density at radius 3 is 3.00 bits per heavy atom. The van der Waals surface area contributed by atoms with Gasteiger partial charge in [0.25, 0.3) is 0 Å². The molecule has 110 valence electrons. The van der Waals surface area contributed by atoms with Gasteiger partial charge < -0.3 is 16.0 Å². The van der Waals surface area contributed by atoms with Crippen LogP contribution in [0.3, 0.4) is 0 Å². The zero-order chi connectivity index (χ0) is 13.9. The highest BCUT2D eigenvalue weighted by Gasteiger charge is 2.34. The SMILES string of the molecule is NCc1cn(CC(=O)NCC2CCN(C3CC3)C2)nn1. The fourth-order valence-electron chi connectivity index (χ4n) is 2.77. The topological polar surface area (TPSA) is 89.1 Å². The molecule has 0 radical (unpaired) electrons. The first-order valence-electron chi connectivity index (χ1n) is 7.34. The molecule has 0 bridgehead atoms. The van der Waals surface area contributed by atoms with Crippen LogP contribution in [0, 0.1) is 5.92 Å². The first-order valence-corrected chi connectivity index (χ1v) is 7.34. The van der Waals surface area contributed by atoms with Gasteiger partial charge in [-0.2, -0.15) is 0 Å². The predicted octanol–water partition coefficient (Wildman–Crippen LogP) is -0.663. The van der Waals surface area contributed by atoms with Crippen molar-refractivity contribution >= 4 is 5.91 Å². The van der Waals surface area contributed by atoms with E-state index in [2.05, 4.69) is 20.5 Å². The van der Waals surface area contributed by atoms with E-state index in [1.165, 1.54) is 30.5 Å². The van der Waals surface area contributed by atoms with E-state index in [1.807, 2.05) is 0 Å². The standard InChI is InChI=1S/C13H22N6O/c14-5-11-8-19(17-16-11)9-13(20)15-6-10-3-4-18(7-10)12-1-2-12/h8,10,12H,1-7,9,14H2,(H,15,20). The Balaban J connectivity index is 1.38. The minimum absolute atomic E-state index is 0.0108. The summed E-state index contributed by atoms with van der Waals surface area (Å²) in [4.78, 5) is 14.4. The maximum atomic E-state index is 11.8. The van der Waals surface area contributed by atoms with Crippen molar-refractivity contribution < 1.29 is 4.79 Å². The molecule has 1 unspecified atom stereocenters. The molecule has 1 aliphatic carbocycles. The lowest BCUT2D eigenvalue weighted by Crippen LogP contribution is -2.33. The average Bonchev–Trinajstić information content (AvgIpc) is 3.02. The molecule has 3 rings (SSSR count). The zero-order valence-corrected chi connectivity index (χ0v) is 11.7. The Morgan fingerprint density at radius 1 is 1.45 bits per heavy atom. The fourth-order valence-corrected chi connectivity index (χ4v) is 2.77. The normalized spacial score (nSPS) is 23.1. The molecule has 1 atom stereocenters. The molecule has 1 saturated heterocycles. The van der Waals surface area contributed by atoms with Gasteiger partial charge in [0, 0.05) is 25.7 Å². The van der Waals surface area contributed by atoms with Gasteiger partial charge in [0.05, 0.1) is 11.9 Å². The maximum absolute atomic E-state index is 11.8. The third-order valence-electron chi connectivity index (χ3n) is 4.07. The van der Waals surface area contributed by atoms with Crippen molar-refractivity contribution in [3.63, 3.8) is 0 Å². The lowest BCUT2D eigenvalue weighted by atomic mass is 10.1. The molecule has 1 aromatic rings. The number of likely N-dealkylation sites (tertiary alicyclic amines) is 1. The third kappa shape index (κ3) is 3.34. The Kier molecular flexibility index (Phi) is 3.98. The Labute approximate surface area is 118 Å². The van der Waals surface area contributed by atoms with E-state index in [4.69, 9.17) is 5.73 Å². The number of nitrogens with two attached hydrogens (primary N) is 1. The highest BCUT2D eigenvalue weighted by Crippen LogP contribution is 2.31. The summed E-state index contributed by atoms with van der Waals surface area (Å²) in [5, 5.41) is 10.7. The van der Waals surface area contributed by atoms with Crippen LogP contribution in [-0.2, 0) is 17.9 Å². The van der Waals surface area contributed by atoms with Crippen LogP contribution in [0.15, 0.2) is 6.20 Å². The molecule has 2 aliphatic rings. The van der Waals surface area contributed by atoms with E-state index in [-0.39, 0.29) is 12.5 Å². The first kappa shape index (κ1) is 13.5. The van der Waals surface area contributed by atoms with Gasteiger partial charge in [-0.25, -0.2) is 4.68 Å². The van der Waals surface area contributed by atoms with Gasteiger partial charge in [-0.1, -0.05) is 5.21 Å². The molecule has 2 fully saturated rings. The fraction of sp³-hybridized carbons (Fsp3) is 0.769. The van der Waals surface area contributed by atoms with E-state index >= 15 is 0 Å². The van der Waals surface area contributed by atoms with Crippen molar-refractivity contribution in [2.45, 2.75) is 38.4 Å². The summed E-state index contributed by atoms with van der Waals surface area (Å²) in [6.45, 7) is 3.65. The van der Waals surface area contributed by atoms with Crippen molar-refractivity contribution in [2.24, 2.45) is 11.7 Å². The lowest BCUT2D eigenvalue weighted by molar-refractivity contribution is -0.122. The zero-order valence-electron chi connectivity index (χ0n) is 11.7. The molecule has 1 amide bonds. The molecule has 1 aromatic heterocycles. The molecule has 0 spiro atoms. The van der Waals surface area contributed by atoms with Crippen LogP contribution < -0.4 is 11.1 Å². The van der Waals surface area contributed by atoms with Gasteiger partial charge in [-0.3, -0.25) is 4.79 Å². The van der Waals surface area contributed by atoms with Crippen LogP contribution in [0.2, 0.25) is 0 Å². The molecular weight excluding hydrogens is 256 g/mol. The van der Waals surface area contributed by atoms with Crippen LogP contribution in [0.4, 0.5) is 0 Å². The number of nitrogens with zero attached hydrogens (tertiary/aromatic N) is 4. The molecule has 0 aromatic carbocycles. The van der Waals surface area contributed by atoms with E-state index in [0.717, 1.165) is 19.1 Å². The van der Waals surface area contributed by atoms with Crippen LogP contribution in [0.5, 0.6) is 0 Å². The van der Waals surface area contributed by atoms with Gasteiger partial charge in [0.15, 0.2) is 0 Å². The molecule has 7 nitrogen and oxygen atoms in total. The molecule has 1 saturated carbocycles. The Hall–Kier alpha value is -1.47. The summed E-state index contributed by atoms with van der Waals surface area (Å²) >= 11 is 0. The summed E-state index contributed by atoms with van der Waals surface area (Å²) in [6, 6.07) is 0.834. The summed E-state index contributed by atoms with van der Waals surface area (Å²) in [5.41, 5.74) is 6.16. The Bertz CT molecular complexity index is 469. The molecule has 1 aliphatic heterocycles. The second kappa shape index (κ2) is 5.88. The van der Waals surface area contributed by atoms with Gasteiger partial charge in [0.2, 0.25) is 5.91 Å². The number of hydrogen-bond acceptors (Lipinski definition) is 5. The molecule has 2 heterocycles. The van der Waals surface area contributed by atoms with Crippen molar-refractivity contribution in [1.29, 1.82) is 0 Å². The molecule has 3 N–H and O–H groups in total. The maximum Gasteiger partial charge on any atom is 0.241 e. The van der Waals surface area contributed by atoms with E-state index in [0.29, 0.717) is 18.2 Å². The smallest absolute Gasteiger partial charge is 0.241 e. The highest BCUT2D eigenvalue weighted by atomic mass is 16.2. The van der Waals surface area contributed by atoms with Crippen molar-refractivity contribution in [3.05, 3.63) is 11.9 Å². The largest absolute Gasteiger partial charge is 0.354 e. The van der Waals surface area contributed by atoms with Gasteiger partial charge in [-0.05, 0) is 31.7 Å². The molecular formula is C13H22N6O. The molecule has 20 heavy (non-hydrogen) atoms. The Morgan fingerprint density at radius 2 is 2.30 bits per heavy atom. The van der Waals surface area contributed by atoms with Crippen LogP contribution >= 0.6 is 0 Å². The quantitative estimate of drug-likeness (QED) is 0.721. The molecule has 7 heteroatoms. The van der Waals surface area contributed by atoms with Gasteiger partial charge in [-0.15, -0.1) is 5.10 Å². The van der Waals surface area contributed by atoms with Gasteiger partial charge in [0.1, 0.15) is 6.54 Å².